The van der Waals surface area contributed by atoms with Gasteiger partial charge in [-0.15, -0.1) is 23.1 Å². The number of pyridine rings is 1. The smallest absolute Gasteiger partial charge is 0.350 e. The summed E-state index contributed by atoms with van der Waals surface area (Å²) < 4.78 is 7.47. The molecule has 4 heterocycles. The lowest BCUT2D eigenvalue weighted by atomic mass is 10.0. The van der Waals surface area contributed by atoms with E-state index in [9.17, 15) is 24.3 Å². The van der Waals surface area contributed by atoms with E-state index in [1.165, 1.54) is 16.7 Å². The number of aromatic nitrogens is 2. The van der Waals surface area contributed by atoms with Crippen LogP contribution < -0.4 is 15.0 Å². The number of amides is 2. The van der Waals surface area contributed by atoms with Crippen LogP contribution in [0.5, 0.6) is 0 Å². The first kappa shape index (κ1) is 26.9. The quantitative estimate of drug-likeness (QED) is 0.193. The number of carboxylic acid groups (broad SMARTS) is 1. The van der Waals surface area contributed by atoms with Crippen molar-refractivity contribution in [1.82, 2.24) is 15.2 Å². The number of aryl methyl sites for hydroxylation is 1. The summed E-state index contributed by atoms with van der Waals surface area (Å²) in [5.74, 6) is -2.41. The molecule has 0 saturated carbocycles. The Bertz CT molecular complexity index is 1280. The normalized spacial score (nSPS) is 19.0. The maximum Gasteiger partial charge on any atom is 0.350 e. The van der Waals surface area contributed by atoms with E-state index >= 15 is 0 Å². The number of thiazole rings is 1. The molecule has 2 aliphatic rings. The van der Waals surface area contributed by atoms with Crippen LogP contribution >= 0.6 is 34.9 Å². The first-order chi connectivity index (χ1) is 17.8. The van der Waals surface area contributed by atoms with Crippen molar-refractivity contribution >= 4 is 58.6 Å². The second-order valence-electron chi connectivity index (χ2n) is 7.99. The molecule has 0 spiro atoms. The standard InChI is InChI=1S/C24H24N4O6S3/c1-3-34-23(33)19-14(2)25-24(37-19)36-13-16(29)26-17-20(30)28-18(22(31)32)15(12-35-21(17)28)8-7-11-27-9-5-4-6-10-27/h4-10,17,21H,3,11-13H2,1-2H3,(H-,26,29,31,32)/b8-7+/t17-,21-/m1/s1. The molecule has 1 fully saturated rings. The van der Waals surface area contributed by atoms with Gasteiger partial charge in [0.25, 0.3) is 5.91 Å². The van der Waals surface area contributed by atoms with Crippen LogP contribution in [0.3, 0.4) is 0 Å². The van der Waals surface area contributed by atoms with Gasteiger partial charge >= 0.3 is 5.97 Å². The van der Waals surface area contributed by atoms with E-state index < -0.39 is 35.2 Å². The first-order valence-electron chi connectivity index (χ1n) is 11.4. The summed E-state index contributed by atoms with van der Waals surface area (Å²) in [6.45, 7) is 4.21. The molecule has 10 nitrogen and oxygen atoms in total. The van der Waals surface area contributed by atoms with Crippen molar-refractivity contribution in [2.45, 2.75) is 36.1 Å². The molecular formula is C24H24N4O6S3. The number of esters is 1. The fourth-order valence-corrected chi connectivity index (χ4v) is 7.01. The number of aliphatic carboxylic acids is 1. The zero-order valence-electron chi connectivity index (χ0n) is 20.0. The molecule has 1 saturated heterocycles. The Morgan fingerprint density at radius 2 is 2.08 bits per heavy atom. The van der Waals surface area contributed by atoms with Crippen molar-refractivity contribution in [3.63, 3.8) is 0 Å². The molecule has 0 unspecified atom stereocenters. The Morgan fingerprint density at radius 1 is 1.32 bits per heavy atom. The highest BCUT2D eigenvalue weighted by atomic mass is 32.2. The monoisotopic (exact) mass is 560 g/mol. The first-order valence-corrected chi connectivity index (χ1v) is 14.2. The highest BCUT2D eigenvalue weighted by Crippen LogP contribution is 2.40. The van der Waals surface area contributed by atoms with Gasteiger partial charge in [0, 0.05) is 17.9 Å². The Morgan fingerprint density at radius 3 is 2.78 bits per heavy atom. The second kappa shape index (κ2) is 11.9. The predicted molar refractivity (Wildman–Crippen MR) is 136 cm³/mol. The number of hydrogen-bond donors (Lipinski definition) is 1. The van der Waals surface area contributed by atoms with E-state index in [1.54, 1.807) is 19.9 Å². The van der Waals surface area contributed by atoms with E-state index in [4.69, 9.17) is 4.74 Å². The number of rotatable bonds is 10. The fourth-order valence-electron chi connectivity index (χ4n) is 3.79. The summed E-state index contributed by atoms with van der Waals surface area (Å²) >= 11 is 3.68. The molecule has 0 bridgehead atoms. The Balaban J connectivity index is 1.35. The SMILES string of the molecule is CCOC(=O)c1sc(SCC(=O)N[C@@H]2C(=O)N3C(C(=O)[O-])=C(/C=C/C[n+]4ccccc4)CS[C@H]23)nc1C. The lowest BCUT2D eigenvalue weighted by Gasteiger charge is -2.50. The number of ether oxygens (including phenoxy) is 1. The van der Waals surface area contributed by atoms with Crippen molar-refractivity contribution in [2.24, 2.45) is 0 Å². The van der Waals surface area contributed by atoms with Gasteiger partial charge in [-0.25, -0.2) is 14.3 Å². The molecule has 13 heteroatoms. The molecule has 2 aromatic heterocycles. The van der Waals surface area contributed by atoms with Crippen LogP contribution in [-0.4, -0.2) is 63.2 Å². The number of thioether (sulfide) groups is 2. The van der Waals surface area contributed by atoms with E-state index in [1.807, 2.05) is 41.2 Å². The van der Waals surface area contributed by atoms with Gasteiger partial charge in [-0.3, -0.25) is 14.5 Å². The largest absolute Gasteiger partial charge is 0.543 e. The van der Waals surface area contributed by atoms with Crippen molar-refractivity contribution in [3.8, 4) is 0 Å². The highest BCUT2D eigenvalue weighted by Gasteiger charge is 2.52. The van der Waals surface area contributed by atoms with Gasteiger partial charge < -0.3 is 20.0 Å². The number of allylic oxidation sites excluding steroid dienone is 2. The van der Waals surface area contributed by atoms with Gasteiger partial charge in [-0.1, -0.05) is 23.9 Å². The van der Waals surface area contributed by atoms with Gasteiger partial charge in [-0.2, -0.15) is 0 Å². The van der Waals surface area contributed by atoms with Crippen LogP contribution in [0.25, 0.3) is 0 Å². The van der Waals surface area contributed by atoms with Crippen LogP contribution in [0, 0.1) is 6.92 Å². The Kier molecular flexibility index (Phi) is 8.67. The summed E-state index contributed by atoms with van der Waals surface area (Å²) in [6, 6.07) is 4.86. The minimum Gasteiger partial charge on any atom is -0.543 e. The zero-order valence-corrected chi connectivity index (χ0v) is 22.5. The molecule has 194 valence electrons. The number of β-lactam (4-membered cyclic amide) rings is 1. The fraction of sp³-hybridized carbons (Fsp3) is 0.333. The van der Waals surface area contributed by atoms with Crippen LogP contribution in [0.2, 0.25) is 0 Å². The van der Waals surface area contributed by atoms with Crippen LogP contribution in [0.1, 0.15) is 22.3 Å². The van der Waals surface area contributed by atoms with Crippen LogP contribution in [-0.2, 0) is 25.7 Å². The molecule has 0 aromatic carbocycles. The van der Waals surface area contributed by atoms with Crippen molar-refractivity contribution in [2.75, 3.05) is 18.1 Å². The minimum absolute atomic E-state index is 0.00922. The second-order valence-corrected chi connectivity index (χ2v) is 11.3. The number of carboxylic acids is 1. The lowest BCUT2D eigenvalue weighted by molar-refractivity contribution is -0.687. The minimum atomic E-state index is -1.43. The number of hydrogen-bond acceptors (Lipinski definition) is 10. The van der Waals surface area contributed by atoms with Gasteiger partial charge in [0.15, 0.2) is 23.3 Å². The Hall–Kier alpha value is -3.16. The lowest BCUT2D eigenvalue weighted by Crippen LogP contribution is -2.71. The van der Waals surface area contributed by atoms with Gasteiger partial charge in [-0.05, 0) is 25.5 Å². The number of carbonyl (C=O) groups is 4. The average molecular weight is 561 g/mol. The van der Waals surface area contributed by atoms with Crippen molar-refractivity contribution in [3.05, 3.63) is 64.6 Å². The average Bonchev–Trinajstić information content (AvgIpc) is 3.26. The summed E-state index contributed by atoms with van der Waals surface area (Å²) in [4.78, 5) is 55.1. The van der Waals surface area contributed by atoms with Crippen molar-refractivity contribution < 1.29 is 33.6 Å². The summed E-state index contributed by atoms with van der Waals surface area (Å²) in [7, 11) is 0. The molecule has 2 atom stereocenters. The molecule has 4 rings (SSSR count). The third kappa shape index (κ3) is 6.05. The maximum atomic E-state index is 12.8. The molecule has 0 aliphatic carbocycles. The number of nitrogens with one attached hydrogen (secondary N) is 1. The third-order valence-electron chi connectivity index (χ3n) is 5.48. The Labute approximate surface area is 225 Å². The molecule has 2 aliphatic heterocycles. The summed E-state index contributed by atoms with van der Waals surface area (Å²) in [5.41, 5.74) is 0.860. The van der Waals surface area contributed by atoms with Gasteiger partial charge in [0.1, 0.15) is 16.3 Å². The van der Waals surface area contributed by atoms with Gasteiger partial charge in [0.05, 0.1) is 29.7 Å². The molecule has 1 N–H and O–H groups in total. The zero-order chi connectivity index (χ0) is 26.5. The van der Waals surface area contributed by atoms with E-state index in [2.05, 4.69) is 10.3 Å². The van der Waals surface area contributed by atoms with Crippen LogP contribution in [0.15, 0.2) is 58.4 Å². The van der Waals surface area contributed by atoms with E-state index in [-0.39, 0.29) is 18.1 Å². The number of nitrogens with zero attached hydrogens (tertiary/aromatic N) is 3. The maximum absolute atomic E-state index is 12.8. The third-order valence-corrected chi connectivity index (χ3v) is 9.07. The summed E-state index contributed by atoms with van der Waals surface area (Å²) in [6.07, 6.45) is 7.31. The van der Waals surface area contributed by atoms with Crippen molar-refractivity contribution in [1.29, 1.82) is 0 Å². The summed E-state index contributed by atoms with van der Waals surface area (Å²) in [5, 5.41) is 14.1. The molecular weight excluding hydrogens is 536 g/mol. The number of fused-ring (bicyclic) bond motifs is 1. The molecule has 0 radical (unpaired) electrons. The predicted octanol–water partition coefficient (Wildman–Crippen LogP) is 0.668. The number of carbonyl (C=O) groups excluding carboxylic acids is 4. The van der Waals surface area contributed by atoms with Gasteiger partial charge in [0.2, 0.25) is 5.91 Å². The molecule has 2 amide bonds. The molecule has 2 aromatic rings. The highest BCUT2D eigenvalue weighted by molar-refractivity contribution is 8.01. The van der Waals surface area contributed by atoms with E-state index in [0.29, 0.717) is 32.8 Å². The van der Waals surface area contributed by atoms with Crippen LogP contribution in [0.4, 0.5) is 0 Å². The van der Waals surface area contributed by atoms with E-state index in [0.717, 1.165) is 23.1 Å². The molecule has 37 heavy (non-hydrogen) atoms. The topological polar surface area (TPSA) is 133 Å².